The number of carbonyl (C=O) groups is 1. The van der Waals surface area contributed by atoms with Crippen molar-refractivity contribution in [2.75, 3.05) is 12.8 Å². The van der Waals surface area contributed by atoms with Crippen LogP contribution in [0.5, 0.6) is 0 Å². The molecule has 0 saturated heterocycles. The summed E-state index contributed by atoms with van der Waals surface area (Å²) >= 11 is 3.65. The van der Waals surface area contributed by atoms with Crippen molar-refractivity contribution in [3.8, 4) is 0 Å². The molecule has 0 unspecified atom stereocenters. The van der Waals surface area contributed by atoms with Crippen molar-refractivity contribution in [3.63, 3.8) is 0 Å². The summed E-state index contributed by atoms with van der Waals surface area (Å²) in [6, 6.07) is 0.350. The fraction of sp³-hybridized carbons (Fsp3) is 0.733. The van der Waals surface area contributed by atoms with Gasteiger partial charge in [-0.2, -0.15) is 11.8 Å². The van der Waals surface area contributed by atoms with Gasteiger partial charge in [0.1, 0.15) is 0 Å². The largest absolute Gasteiger partial charge is 0.335 e. The maximum atomic E-state index is 12.3. The van der Waals surface area contributed by atoms with E-state index in [9.17, 15) is 4.79 Å². The molecule has 1 aromatic rings. The molecule has 0 radical (unpaired) electrons. The molecule has 21 heavy (non-hydrogen) atoms. The Bertz CT molecular complexity index is 462. The molecule has 2 rings (SSSR count). The van der Waals surface area contributed by atoms with Crippen LogP contribution in [0.4, 0.5) is 4.79 Å². The van der Waals surface area contributed by atoms with Gasteiger partial charge in [-0.25, -0.2) is 9.78 Å². The summed E-state index contributed by atoms with van der Waals surface area (Å²) in [5.74, 6) is 1.16. The van der Waals surface area contributed by atoms with Gasteiger partial charge in [0.05, 0.1) is 17.2 Å². The average Bonchev–Trinajstić information content (AvgIpc) is 2.85. The highest BCUT2D eigenvalue weighted by molar-refractivity contribution is 7.99. The Balaban J connectivity index is 1.80. The highest BCUT2D eigenvalue weighted by atomic mass is 32.2. The van der Waals surface area contributed by atoms with Gasteiger partial charge in [0.25, 0.3) is 0 Å². The molecule has 0 spiro atoms. The molecule has 118 valence electrons. The van der Waals surface area contributed by atoms with Crippen LogP contribution in [0.15, 0.2) is 5.38 Å². The molecule has 1 fully saturated rings. The number of rotatable bonds is 5. The maximum Gasteiger partial charge on any atom is 0.317 e. The van der Waals surface area contributed by atoms with Crippen LogP contribution < -0.4 is 5.32 Å². The lowest BCUT2D eigenvalue weighted by atomic mass is 9.95. The van der Waals surface area contributed by atoms with Crippen molar-refractivity contribution in [1.29, 1.82) is 0 Å². The minimum Gasteiger partial charge on any atom is -0.335 e. The molecule has 6 heteroatoms. The number of nitrogens with zero attached hydrogens (tertiary/aromatic N) is 2. The van der Waals surface area contributed by atoms with E-state index in [1.165, 1.54) is 12.8 Å². The summed E-state index contributed by atoms with van der Waals surface area (Å²) in [5, 5.41) is 6.96. The standard InChI is InChI=1S/C15H25N3OS2/c1-4-20-14-7-5-6-12(8-14)17-15(19)18(3)9-13-10-21-11(2)16-13/h10,12,14H,4-9H2,1-3H3,(H,17,19)/t12-,14-/m1/s1. The van der Waals surface area contributed by atoms with E-state index < -0.39 is 0 Å². The van der Waals surface area contributed by atoms with Crippen LogP contribution in [0.25, 0.3) is 0 Å². The molecular formula is C15H25N3OS2. The lowest BCUT2D eigenvalue weighted by Gasteiger charge is -2.30. The molecule has 1 aromatic heterocycles. The summed E-state index contributed by atoms with van der Waals surface area (Å²) in [6.45, 7) is 4.77. The third-order valence-electron chi connectivity index (χ3n) is 3.77. The van der Waals surface area contributed by atoms with Gasteiger partial charge in [-0.05, 0) is 31.9 Å². The number of nitrogens with one attached hydrogen (secondary N) is 1. The summed E-state index contributed by atoms with van der Waals surface area (Å²) in [5.41, 5.74) is 0.971. The third kappa shape index (κ3) is 5.18. The molecule has 1 aliphatic carbocycles. The SMILES string of the molecule is CCS[C@@H]1CCC[C@@H](NC(=O)N(C)Cc2csc(C)n2)C1. The highest BCUT2D eigenvalue weighted by Gasteiger charge is 2.24. The van der Waals surface area contributed by atoms with Gasteiger partial charge in [-0.15, -0.1) is 11.3 Å². The molecule has 0 aliphatic heterocycles. The lowest BCUT2D eigenvalue weighted by molar-refractivity contribution is 0.198. The monoisotopic (exact) mass is 327 g/mol. The third-order valence-corrected chi connectivity index (χ3v) is 5.82. The Morgan fingerprint density at radius 1 is 1.57 bits per heavy atom. The molecule has 2 amide bonds. The van der Waals surface area contributed by atoms with E-state index in [0.717, 1.165) is 29.3 Å². The molecule has 2 atom stereocenters. The van der Waals surface area contributed by atoms with Crippen LogP contribution >= 0.6 is 23.1 Å². The van der Waals surface area contributed by atoms with Crippen LogP contribution in [0.2, 0.25) is 0 Å². The zero-order valence-electron chi connectivity index (χ0n) is 13.1. The number of amides is 2. The molecule has 1 saturated carbocycles. The topological polar surface area (TPSA) is 45.2 Å². The van der Waals surface area contributed by atoms with Crippen molar-refractivity contribution in [2.24, 2.45) is 0 Å². The van der Waals surface area contributed by atoms with Gasteiger partial charge in [0.15, 0.2) is 0 Å². The second kappa shape index (κ2) is 8.03. The van der Waals surface area contributed by atoms with E-state index in [1.54, 1.807) is 16.2 Å². The number of hydrogen-bond acceptors (Lipinski definition) is 4. The van der Waals surface area contributed by atoms with Crippen LogP contribution in [0, 0.1) is 6.92 Å². The van der Waals surface area contributed by atoms with Gasteiger partial charge >= 0.3 is 6.03 Å². The Kier molecular flexibility index (Phi) is 6.36. The number of urea groups is 1. The zero-order chi connectivity index (χ0) is 15.2. The van der Waals surface area contributed by atoms with E-state index in [2.05, 4.69) is 17.2 Å². The molecule has 4 nitrogen and oxygen atoms in total. The highest BCUT2D eigenvalue weighted by Crippen LogP contribution is 2.28. The second-order valence-electron chi connectivity index (χ2n) is 5.60. The summed E-state index contributed by atoms with van der Waals surface area (Å²) in [6.07, 6.45) is 4.72. The van der Waals surface area contributed by atoms with E-state index in [4.69, 9.17) is 0 Å². The summed E-state index contributed by atoms with van der Waals surface area (Å²) < 4.78 is 0. The van der Waals surface area contributed by atoms with E-state index in [-0.39, 0.29) is 6.03 Å². The first kappa shape index (κ1) is 16.6. The van der Waals surface area contributed by atoms with Crippen molar-refractivity contribution in [1.82, 2.24) is 15.2 Å². The van der Waals surface area contributed by atoms with Gasteiger partial charge in [-0.1, -0.05) is 13.3 Å². The van der Waals surface area contributed by atoms with E-state index in [0.29, 0.717) is 17.8 Å². The molecular weight excluding hydrogens is 302 g/mol. The van der Waals surface area contributed by atoms with Gasteiger partial charge < -0.3 is 10.2 Å². The van der Waals surface area contributed by atoms with Crippen LogP contribution in [-0.2, 0) is 6.54 Å². The predicted octanol–water partition coefficient (Wildman–Crippen LogP) is 3.66. The molecule has 1 heterocycles. The maximum absolute atomic E-state index is 12.3. The minimum absolute atomic E-state index is 0.0211. The molecule has 1 N–H and O–H groups in total. The number of aryl methyl sites for hydroxylation is 1. The molecule has 0 aromatic carbocycles. The van der Waals surface area contributed by atoms with Gasteiger partial charge in [0, 0.05) is 23.7 Å². The normalized spacial score (nSPS) is 22.0. The smallest absolute Gasteiger partial charge is 0.317 e. The first-order valence-electron chi connectivity index (χ1n) is 7.62. The first-order chi connectivity index (χ1) is 10.1. The Labute approximate surface area is 135 Å². The molecule has 0 bridgehead atoms. The number of carbonyl (C=O) groups excluding carboxylic acids is 1. The lowest BCUT2D eigenvalue weighted by Crippen LogP contribution is -2.45. The molecule has 1 aliphatic rings. The van der Waals surface area contributed by atoms with Crippen LogP contribution in [0.1, 0.15) is 43.3 Å². The fourth-order valence-corrected chi connectivity index (χ4v) is 4.52. The quantitative estimate of drug-likeness (QED) is 0.898. The number of thiazole rings is 1. The van der Waals surface area contributed by atoms with Crippen molar-refractivity contribution in [2.45, 2.75) is 57.4 Å². The van der Waals surface area contributed by atoms with Gasteiger partial charge in [0.2, 0.25) is 0 Å². The van der Waals surface area contributed by atoms with Crippen molar-refractivity contribution >= 4 is 29.1 Å². The van der Waals surface area contributed by atoms with E-state index >= 15 is 0 Å². The number of aromatic nitrogens is 1. The van der Waals surface area contributed by atoms with Crippen molar-refractivity contribution in [3.05, 3.63) is 16.1 Å². The minimum atomic E-state index is 0.0211. The zero-order valence-corrected chi connectivity index (χ0v) is 14.7. The first-order valence-corrected chi connectivity index (χ1v) is 9.55. The average molecular weight is 328 g/mol. The van der Waals surface area contributed by atoms with Gasteiger partial charge in [-0.3, -0.25) is 0 Å². The number of hydrogen-bond donors (Lipinski definition) is 1. The predicted molar refractivity (Wildman–Crippen MR) is 91.0 cm³/mol. The fourth-order valence-electron chi connectivity index (χ4n) is 2.74. The van der Waals surface area contributed by atoms with E-state index in [1.807, 2.05) is 31.1 Å². The van der Waals surface area contributed by atoms with Crippen LogP contribution in [0.3, 0.4) is 0 Å². The Hall–Kier alpha value is -0.750. The van der Waals surface area contributed by atoms with Crippen LogP contribution in [-0.4, -0.2) is 40.0 Å². The second-order valence-corrected chi connectivity index (χ2v) is 8.24. The summed E-state index contributed by atoms with van der Waals surface area (Å²) in [4.78, 5) is 18.4. The number of thioether (sulfide) groups is 1. The summed E-state index contributed by atoms with van der Waals surface area (Å²) in [7, 11) is 1.84. The van der Waals surface area contributed by atoms with Crippen molar-refractivity contribution < 1.29 is 4.79 Å². The Morgan fingerprint density at radius 3 is 3.05 bits per heavy atom. The Morgan fingerprint density at radius 2 is 2.38 bits per heavy atom.